The lowest BCUT2D eigenvalue weighted by Crippen LogP contribution is -1.94. The van der Waals surface area contributed by atoms with Crippen molar-refractivity contribution in [2.24, 2.45) is 0 Å². The summed E-state index contributed by atoms with van der Waals surface area (Å²) < 4.78 is 0. The zero-order valence-electron chi connectivity index (χ0n) is 19.0. The Kier molecular flexibility index (Phi) is 4.24. The molecule has 1 aliphatic carbocycles. The van der Waals surface area contributed by atoms with Gasteiger partial charge in [-0.3, -0.25) is 0 Å². The van der Waals surface area contributed by atoms with Gasteiger partial charge in [-0.2, -0.15) is 0 Å². The van der Waals surface area contributed by atoms with Crippen molar-refractivity contribution in [3.8, 4) is 44.9 Å². The van der Waals surface area contributed by atoms with Gasteiger partial charge in [-0.25, -0.2) is 0 Å². The standard InChI is InChI=1S/C33H22O2/c34-32-24-11-5-1-7-20(24)13-15-28(32)27-18-17-26-23-10-4-3-9-22(23)19-30(26)31(27)29-16-14-21-8-2-6-12-25(21)33(29)35/h1-18,34-35H,19H2. The lowest BCUT2D eigenvalue weighted by atomic mass is 9.85. The first kappa shape index (κ1) is 19.9. The molecule has 6 aromatic rings. The third-order valence-electron chi connectivity index (χ3n) is 7.35. The number of hydrogen-bond acceptors (Lipinski definition) is 2. The predicted molar refractivity (Wildman–Crippen MR) is 144 cm³/mol. The van der Waals surface area contributed by atoms with Gasteiger partial charge in [-0.15, -0.1) is 0 Å². The Morgan fingerprint density at radius 1 is 0.429 bits per heavy atom. The fraction of sp³-hybridized carbons (Fsp3) is 0.0303. The highest BCUT2D eigenvalue weighted by atomic mass is 16.3. The first-order valence-corrected chi connectivity index (χ1v) is 11.9. The molecule has 2 nitrogen and oxygen atoms in total. The van der Waals surface area contributed by atoms with E-state index < -0.39 is 0 Å². The van der Waals surface area contributed by atoms with Gasteiger partial charge in [-0.05, 0) is 62.7 Å². The molecule has 1 aliphatic rings. The maximum Gasteiger partial charge on any atom is 0.131 e. The molecule has 35 heavy (non-hydrogen) atoms. The van der Waals surface area contributed by atoms with Crippen molar-refractivity contribution in [1.29, 1.82) is 0 Å². The van der Waals surface area contributed by atoms with E-state index in [1.807, 2.05) is 60.7 Å². The number of aromatic hydroxyl groups is 2. The number of phenolic OH excluding ortho intramolecular Hbond substituents is 2. The molecule has 0 heterocycles. The molecule has 2 N–H and O–H groups in total. The van der Waals surface area contributed by atoms with Crippen molar-refractivity contribution in [3.05, 3.63) is 120 Å². The summed E-state index contributed by atoms with van der Waals surface area (Å²) in [7, 11) is 0. The summed E-state index contributed by atoms with van der Waals surface area (Å²) in [5, 5.41) is 26.5. The molecular weight excluding hydrogens is 428 g/mol. The van der Waals surface area contributed by atoms with E-state index in [-0.39, 0.29) is 11.5 Å². The van der Waals surface area contributed by atoms with Gasteiger partial charge in [0, 0.05) is 21.9 Å². The van der Waals surface area contributed by atoms with Gasteiger partial charge in [0.1, 0.15) is 11.5 Å². The Morgan fingerprint density at radius 2 is 0.971 bits per heavy atom. The second-order valence-corrected chi connectivity index (χ2v) is 9.21. The van der Waals surface area contributed by atoms with Crippen LogP contribution in [-0.2, 0) is 6.42 Å². The van der Waals surface area contributed by atoms with Crippen LogP contribution in [0.3, 0.4) is 0 Å². The van der Waals surface area contributed by atoms with E-state index in [0.717, 1.165) is 50.2 Å². The third-order valence-corrected chi connectivity index (χ3v) is 7.35. The smallest absolute Gasteiger partial charge is 0.131 e. The molecule has 0 aromatic heterocycles. The minimum atomic E-state index is 0.264. The van der Waals surface area contributed by atoms with Crippen molar-refractivity contribution in [2.75, 3.05) is 0 Å². The van der Waals surface area contributed by atoms with Gasteiger partial charge in [0.2, 0.25) is 0 Å². The van der Waals surface area contributed by atoms with Crippen LogP contribution in [0, 0.1) is 0 Å². The van der Waals surface area contributed by atoms with E-state index in [1.165, 1.54) is 22.3 Å². The van der Waals surface area contributed by atoms with Crippen LogP contribution < -0.4 is 0 Å². The SMILES string of the molecule is Oc1c(-c2ccc3c(c2-c2ccc4ccccc4c2O)Cc2ccccc2-3)ccc2ccccc12. The van der Waals surface area contributed by atoms with Crippen LogP contribution >= 0.6 is 0 Å². The topological polar surface area (TPSA) is 40.5 Å². The van der Waals surface area contributed by atoms with Crippen LogP contribution in [-0.4, -0.2) is 10.2 Å². The van der Waals surface area contributed by atoms with Crippen LogP contribution in [0.25, 0.3) is 54.9 Å². The van der Waals surface area contributed by atoms with Gasteiger partial charge < -0.3 is 10.2 Å². The third kappa shape index (κ3) is 2.90. The molecule has 0 spiro atoms. The van der Waals surface area contributed by atoms with E-state index in [1.54, 1.807) is 0 Å². The molecule has 6 aromatic carbocycles. The quantitative estimate of drug-likeness (QED) is 0.278. The fourth-order valence-electron chi connectivity index (χ4n) is 5.67. The van der Waals surface area contributed by atoms with E-state index in [9.17, 15) is 10.2 Å². The molecular formula is C33H22O2. The Balaban J connectivity index is 1.57. The molecule has 166 valence electrons. The lowest BCUT2D eigenvalue weighted by molar-refractivity contribution is 0.482. The molecule has 0 fully saturated rings. The number of benzene rings is 6. The summed E-state index contributed by atoms with van der Waals surface area (Å²) in [5.74, 6) is 0.536. The van der Waals surface area contributed by atoms with Crippen LogP contribution in [0.4, 0.5) is 0 Å². The summed E-state index contributed by atoms with van der Waals surface area (Å²) in [5.41, 5.74) is 8.34. The fourth-order valence-corrected chi connectivity index (χ4v) is 5.67. The lowest BCUT2D eigenvalue weighted by Gasteiger charge is -2.19. The van der Waals surface area contributed by atoms with Crippen molar-refractivity contribution >= 4 is 21.5 Å². The molecule has 2 heteroatoms. The highest BCUT2D eigenvalue weighted by Gasteiger charge is 2.26. The van der Waals surface area contributed by atoms with Crippen LogP contribution in [0.5, 0.6) is 11.5 Å². The normalized spacial score (nSPS) is 12.1. The Morgan fingerprint density at radius 3 is 1.71 bits per heavy atom. The number of fused-ring (bicyclic) bond motifs is 5. The van der Waals surface area contributed by atoms with E-state index in [4.69, 9.17) is 0 Å². The molecule has 0 aliphatic heterocycles. The highest BCUT2D eigenvalue weighted by Crippen LogP contribution is 2.50. The van der Waals surface area contributed by atoms with Crippen molar-refractivity contribution < 1.29 is 10.2 Å². The maximum atomic E-state index is 11.5. The molecule has 0 unspecified atom stereocenters. The average Bonchev–Trinajstić information content (AvgIpc) is 3.28. The summed E-state index contributed by atoms with van der Waals surface area (Å²) in [6.45, 7) is 0. The summed E-state index contributed by atoms with van der Waals surface area (Å²) in [4.78, 5) is 0. The molecule has 0 bridgehead atoms. The molecule has 0 amide bonds. The summed E-state index contributed by atoms with van der Waals surface area (Å²) in [6.07, 6.45) is 0.787. The van der Waals surface area contributed by atoms with Crippen molar-refractivity contribution in [2.45, 2.75) is 6.42 Å². The van der Waals surface area contributed by atoms with Gasteiger partial charge in [0.15, 0.2) is 0 Å². The first-order valence-electron chi connectivity index (χ1n) is 11.9. The monoisotopic (exact) mass is 450 g/mol. The second kappa shape index (κ2) is 7.48. The van der Waals surface area contributed by atoms with Gasteiger partial charge in [0.05, 0.1) is 0 Å². The molecule has 0 saturated carbocycles. The largest absolute Gasteiger partial charge is 0.507 e. The van der Waals surface area contributed by atoms with E-state index in [0.29, 0.717) is 0 Å². The number of hydrogen-bond donors (Lipinski definition) is 2. The Bertz CT molecular complexity index is 1800. The minimum absolute atomic E-state index is 0.264. The first-order chi connectivity index (χ1) is 17.2. The number of phenols is 2. The molecule has 0 atom stereocenters. The highest BCUT2D eigenvalue weighted by molar-refractivity contribution is 6.04. The predicted octanol–water partition coefficient (Wildman–Crippen LogP) is 8.31. The summed E-state index contributed by atoms with van der Waals surface area (Å²) >= 11 is 0. The Hall–Kier alpha value is -4.56. The maximum absolute atomic E-state index is 11.5. The van der Waals surface area contributed by atoms with Crippen molar-refractivity contribution in [1.82, 2.24) is 0 Å². The van der Waals surface area contributed by atoms with Gasteiger partial charge >= 0.3 is 0 Å². The van der Waals surface area contributed by atoms with E-state index in [2.05, 4.69) is 48.5 Å². The van der Waals surface area contributed by atoms with Gasteiger partial charge in [0.25, 0.3) is 0 Å². The minimum Gasteiger partial charge on any atom is -0.507 e. The van der Waals surface area contributed by atoms with Crippen LogP contribution in [0.1, 0.15) is 11.1 Å². The molecule has 7 rings (SSSR count). The van der Waals surface area contributed by atoms with Gasteiger partial charge in [-0.1, -0.05) is 97.1 Å². The second-order valence-electron chi connectivity index (χ2n) is 9.21. The number of rotatable bonds is 2. The Labute approximate surface area is 203 Å². The van der Waals surface area contributed by atoms with Crippen LogP contribution in [0.15, 0.2) is 109 Å². The van der Waals surface area contributed by atoms with E-state index >= 15 is 0 Å². The zero-order valence-corrected chi connectivity index (χ0v) is 19.0. The van der Waals surface area contributed by atoms with Crippen LogP contribution in [0.2, 0.25) is 0 Å². The summed E-state index contributed by atoms with van der Waals surface area (Å²) in [6, 6.07) is 36.6. The molecule has 0 radical (unpaired) electrons. The average molecular weight is 451 g/mol. The zero-order chi connectivity index (χ0) is 23.5. The van der Waals surface area contributed by atoms with Crippen molar-refractivity contribution in [3.63, 3.8) is 0 Å². The molecule has 0 saturated heterocycles.